The third kappa shape index (κ3) is 40.2. The zero-order chi connectivity index (χ0) is 39.3. The highest BCUT2D eigenvalue weighted by Crippen LogP contribution is 2.13. The summed E-state index contributed by atoms with van der Waals surface area (Å²) in [5.74, 6) is -0.112. The Bertz CT molecular complexity index is 1070. The van der Waals surface area contributed by atoms with E-state index in [2.05, 4.69) is 116 Å². The van der Waals surface area contributed by atoms with Crippen LogP contribution in [0.2, 0.25) is 0 Å². The molecule has 0 rings (SSSR count). The molecule has 54 heavy (non-hydrogen) atoms. The molecule has 0 fully saturated rings. The van der Waals surface area contributed by atoms with Gasteiger partial charge in [-0.2, -0.15) is 0 Å². The number of carbonyl (C=O) groups excluding carboxylic acids is 1. The van der Waals surface area contributed by atoms with Crippen molar-refractivity contribution in [1.82, 2.24) is 5.32 Å². The van der Waals surface area contributed by atoms with Gasteiger partial charge < -0.3 is 15.5 Å². The van der Waals surface area contributed by atoms with Crippen LogP contribution >= 0.6 is 0 Å². The van der Waals surface area contributed by atoms with Crippen molar-refractivity contribution in [3.05, 3.63) is 109 Å². The molecule has 0 aromatic rings. The van der Waals surface area contributed by atoms with E-state index >= 15 is 0 Å². The Labute approximate surface area is 334 Å². The second-order valence-corrected chi connectivity index (χ2v) is 14.4. The molecule has 0 saturated heterocycles. The number of aliphatic hydroxyl groups excluding tert-OH is 2. The molecule has 0 aromatic heterocycles. The largest absolute Gasteiger partial charge is 0.394 e. The molecule has 0 bridgehead atoms. The summed E-state index contributed by atoms with van der Waals surface area (Å²) in [6, 6.07) is -0.653. The van der Waals surface area contributed by atoms with E-state index in [1.807, 2.05) is 6.08 Å². The van der Waals surface area contributed by atoms with Crippen molar-refractivity contribution in [2.45, 2.75) is 193 Å². The molecule has 0 radical (unpaired) electrons. The van der Waals surface area contributed by atoms with Crippen LogP contribution in [-0.4, -0.2) is 34.9 Å². The molecule has 3 N–H and O–H groups in total. The first-order valence-corrected chi connectivity index (χ1v) is 22.1. The fourth-order valence-corrected chi connectivity index (χ4v) is 5.90. The van der Waals surface area contributed by atoms with Crippen LogP contribution in [0.5, 0.6) is 0 Å². The van der Waals surface area contributed by atoms with Crippen LogP contribution in [0.3, 0.4) is 0 Å². The fourth-order valence-electron chi connectivity index (χ4n) is 5.90. The van der Waals surface area contributed by atoms with Gasteiger partial charge in [0.25, 0.3) is 0 Å². The van der Waals surface area contributed by atoms with E-state index in [9.17, 15) is 15.0 Å². The van der Waals surface area contributed by atoms with Gasteiger partial charge in [-0.15, -0.1) is 0 Å². The quantitative estimate of drug-likeness (QED) is 0.0435. The molecule has 0 aromatic carbocycles. The molecule has 1 amide bonds. The van der Waals surface area contributed by atoms with Gasteiger partial charge in [0.05, 0.1) is 18.8 Å². The average Bonchev–Trinajstić information content (AvgIpc) is 3.18. The van der Waals surface area contributed by atoms with Gasteiger partial charge in [0, 0.05) is 6.42 Å². The van der Waals surface area contributed by atoms with Crippen LogP contribution < -0.4 is 5.32 Å². The normalized spacial score (nSPS) is 14.1. The Morgan fingerprint density at radius 3 is 1.22 bits per heavy atom. The van der Waals surface area contributed by atoms with Crippen molar-refractivity contribution in [1.29, 1.82) is 0 Å². The fraction of sp³-hybridized carbons (Fsp3) is 0.620. The van der Waals surface area contributed by atoms with E-state index < -0.39 is 12.1 Å². The molecule has 4 heteroatoms. The molecule has 4 nitrogen and oxygen atoms in total. The van der Waals surface area contributed by atoms with Crippen LogP contribution in [0.4, 0.5) is 0 Å². The summed E-state index contributed by atoms with van der Waals surface area (Å²) in [4.78, 5) is 12.4. The summed E-state index contributed by atoms with van der Waals surface area (Å²) >= 11 is 0. The lowest BCUT2D eigenvalue weighted by Gasteiger charge is -2.19. The number of nitrogens with one attached hydrogen (secondary N) is 1. The van der Waals surface area contributed by atoms with E-state index in [1.54, 1.807) is 6.08 Å². The number of aliphatic hydroxyl groups is 2. The van der Waals surface area contributed by atoms with Crippen LogP contribution in [0.25, 0.3) is 0 Å². The summed E-state index contributed by atoms with van der Waals surface area (Å²) in [7, 11) is 0. The highest BCUT2D eigenvalue weighted by atomic mass is 16.3. The van der Waals surface area contributed by atoms with Crippen molar-refractivity contribution >= 4 is 5.91 Å². The third-order valence-electron chi connectivity index (χ3n) is 9.26. The van der Waals surface area contributed by atoms with Gasteiger partial charge in [0.1, 0.15) is 0 Å². The third-order valence-corrected chi connectivity index (χ3v) is 9.26. The van der Waals surface area contributed by atoms with Crippen LogP contribution in [-0.2, 0) is 4.79 Å². The summed E-state index contributed by atoms with van der Waals surface area (Å²) in [5, 5.41) is 23.0. The maximum atomic E-state index is 12.4. The second-order valence-electron chi connectivity index (χ2n) is 14.4. The Morgan fingerprint density at radius 2 is 0.815 bits per heavy atom. The van der Waals surface area contributed by atoms with Crippen molar-refractivity contribution in [2.75, 3.05) is 6.61 Å². The minimum Gasteiger partial charge on any atom is -0.394 e. The lowest BCUT2D eigenvalue weighted by atomic mass is 10.0. The van der Waals surface area contributed by atoms with Gasteiger partial charge >= 0.3 is 0 Å². The first-order chi connectivity index (χ1) is 26.7. The monoisotopic (exact) mass is 746 g/mol. The molecule has 0 aliphatic rings. The van der Waals surface area contributed by atoms with Crippen LogP contribution in [0.15, 0.2) is 109 Å². The zero-order valence-corrected chi connectivity index (χ0v) is 34.9. The van der Waals surface area contributed by atoms with Gasteiger partial charge in [-0.1, -0.05) is 200 Å². The summed E-state index contributed by atoms with van der Waals surface area (Å²) in [6.07, 6.45) is 67.6. The zero-order valence-electron chi connectivity index (χ0n) is 34.9. The highest BCUT2D eigenvalue weighted by molar-refractivity contribution is 5.76. The molecular weight excluding hydrogens is 663 g/mol. The van der Waals surface area contributed by atoms with E-state index in [1.165, 1.54) is 77.0 Å². The number of hydrogen-bond donors (Lipinski definition) is 3. The van der Waals surface area contributed by atoms with Gasteiger partial charge in [-0.25, -0.2) is 0 Å². The van der Waals surface area contributed by atoms with E-state index in [0.29, 0.717) is 6.42 Å². The number of amides is 1. The molecule has 0 saturated carbocycles. The summed E-state index contributed by atoms with van der Waals surface area (Å²) in [6.45, 7) is 4.16. The molecular formula is C50H83NO3. The van der Waals surface area contributed by atoms with Crippen molar-refractivity contribution in [3.8, 4) is 0 Å². The standard InChI is InChI=1S/C50H83NO3/c1-3-5-7-9-11-13-15-17-19-20-21-22-23-24-25-26-27-28-29-30-32-34-36-38-40-42-44-46-50(54)51-48(47-52)49(53)45-43-41-39-37-35-33-31-18-16-14-12-10-8-6-4-2/h5,7,11,13,17,19,21-22,24-25,27-28,30,32,36,38,43,45,48-49,52-53H,3-4,6,8-10,12,14-16,18,20,23,26,29,31,33-35,37,39-42,44,46-47H2,1-2H3,(H,51,54)/b7-5-,13-11-,19-17-,22-21-,25-24-,28-27-,32-30-,38-36-,45-43+. The molecule has 0 spiro atoms. The molecule has 0 heterocycles. The minimum absolute atomic E-state index is 0.112. The van der Waals surface area contributed by atoms with E-state index in [4.69, 9.17) is 0 Å². The van der Waals surface area contributed by atoms with Gasteiger partial charge in [0.15, 0.2) is 0 Å². The number of hydrogen-bond acceptors (Lipinski definition) is 3. The lowest BCUT2D eigenvalue weighted by molar-refractivity contribution is -0.123. The average molecular weight is 746 g/mol. The predicted molar refractivity (Wildman–Crippen MR) is 239 cm³/mol. The summed E-state index contributed by atoms with van der Waals surface area (Å²) < 4.78 is 0. The first-order valence-electron chi connectivity index (χ1n) is 22.1. The number of unbranched alkanes of at least 4 members (excludes halogenated alkanes) is 15. The second kappa shape index (κ2) is 44.4. The molecule has 0 aliphatic carbocycles. The smallest absolute Gasteiger partial charge is 0.220 e. The Balaban J connectivity index is 3.76. The van der Waals surface area contributed by atoms with Crippen LogP contribution in [0, 0.1) is 0 Å². The Hall–Kier alpha value is -2.95. The Morgan fingerprint density at radius 1 is 0.463 bits per heavy atom. The van der Waals surface area contributed by atoms with Crippen molar-refractivity contribution in [2.24, 2.45) is 0 Å². The maximum absolute atomic E-state index is 12.4. The molecule has 2 unspecified atom stereocenters. The maximum Gasteiger partial charge on any atom is 0.220 e. The van der Waals surface area contributed by atoms with Gasteiger partial charge in [-0.05, 0) is 83.5 Å². The SMILES string of the molecule is CC/C=C\C/C=C\C/C=C\C/C=C\C/C=C\C/C=C\C/C=C\C/C=C\CCCCC(=O)NC(CO)C(O)/C=C/CCCCCCCCCCCCCCC. The summed E-state index contributed by atoms with van der Waals surface area (Å²) in [5.41, 5.74) is 0. The topological polar surface area (TPSA) is 69.6 Å². The van der Waals surface area contributed by atoms with Crippen molar-refractivity contribution < 1.29 is 15.0 Å². The van der Waals surface area contributed by atoms with E-state index in [-0.39, 0.29) is 12.5 Å². The molecule has 0 aliphatic heterocycles. The number of carbonyl (C=O) groups is 1. The highest BCUT2D eigenvalue weighted by Gasteiger charge is 2.17. The predicted octanol–water partition coefficient (Wildman–Crippen LogP) is 14.0. The number of allylic oxidation sites excluding steroid dienone is 17. The van der Waals surface area contributed by atoms with Crippen molar-refractivity contribution in [3.63, 3.8) is 0 Å². The van der Waals surface area contributed by atoms with Gasteiger partial charge in [-0.3, -0.25) is 4.79 Å². The lowest BCUT2D eigenvalue weighted by Crippen LogP contribution is -2.45. The minimum atomic E-state index is -0.865. The molecule has 2 atom stereocenters. The van der Waals surface area contributed by atoms with Crippen LogP contribution in [0.1, 0.15) is 181 Å². The van der Waals surface area contributed by atoms with Gasteiger partial charge in [0.2, 0.25) is 5.91 Å². The first kappa shape index (κ1) is 51.0. The number of rotatable bonds is 38. The van der Waals surface area contributed by atoms with E-state index in [0.717, 1.165) is 83.5 Å². The molecule has 306 valence electrons. The Kier molecular flexibility index (Phi) is 42.0.